The molecule has 3 N–H and O–H groups in total. The van der Waals surface area contributed by atoms with Crippen LogP contribution in [0.25, 0.3) is 10.1 Å². The number of carbonyl (C=O) groups excluding carboxylic acids is 1. The van der Waals surface area contributed by atoms with Gasteiger partial charge >= 0.3 is 0 Å². The van der Waals surface area contributed by atoms with Crippen molar-refractivity contribution in [1.29, 1.82) is 0 Å². The average molecular weight is 304 g/mol. The normalized spacial score (nSPS) is 10.7. The maximum Gasteiger partial charge on any atom is 0.267 e. The number of hydrogen-bond acceptors (Lipinski definition) is 4. The van der Waals surface area contributed by atoms with E-state index in [1.54, 1.807) is 36.7 Å². The van der Waals surface area contributed by atoms with Gasteiger partial charge in [-0.2, -0.15) is 0 Å². The smallest absolute Gasteiger partial charge is 0.267 e. The van der Waals surface area contributed by atoms with Gasteiger partial charge in [-0.25, -0.2) is 0 Å². The van der Waals surface area contributed by atoms with Gasteiger partial charge in [-0.3, -0.25) is 9.78 Å². The molecule has 0 unspecified atom stereocenters. The number of halogens is 1. The highest BCUT2D eigenvalue weighted by atomic mass is 35.5. The van der Waals surface area contributed by atoms with E-state index in [9.17, 15) is 4.79 Å². The van der Waals surface area contributed by atoms with Gasteiger partial charge in [-0.1, -0.05) is 11.6 Å². The number of hydrogen-bond donors (Lipinski definition) is 2. The lowest BCUT2D eigenvalue weighted by molar-refractivity contribution is 0.103. The molecule has 2 aromatic heterocycles. The first kappa shape index (κ1) is 12.9. The Morgan fingerprint density at radius 3 is 2.95 bits per heavy atom. The molecule has 3 rings (SSSR count). The predicted molar refractivity (Wildman–Crippen MR) is 83.4 cm³/mol. The second-order valence-corrected chi connectivity index (χ2v) is 5.67. The molecule has 20 heavy (non-hydrogen) atoms. The number of benzene rings is 1. The maximum atomic E-state index is 12.2. The van der Waals surface area contributed by atoms with Crippen molar-refractivity contribution in [3.63, 3.8) is 0 Å². The van der Waals surface area contributed by atoms with Crippen LogP contribution in [0.5, 0.6) is 0 Å². The van der Waals surface area contributed by atoms with E-state index in [0.717, 1.165) is 10.1 Å². The summed E-state index contributed by atoms with van der Waals surface area (Å²) in [5.74, 6) is -0.243. The third-order valence-corrected chi connectivity index (χ3v) is 4.23. The van der Waals surface area contributed by atoms with Crippen molar-refractivity contribution < 1.29 is 4.79 Å². The number of fused-ring (bicyclic) bond motifs is 1. The Morgan fingerprint density at radius 1 is 1.35 bits per heavy atom. The zero-order valence-electron chi connectivity index (χ0n) is 10.3. The molecule has 0 saturated carbocycles. The zero-order chi connectivity index (χ0) is 14.1. The van der Waals surface area contributed by atoms with Gasteiger partial charge in [-0.05, 0) is 30.3 Å². The van der Waals surface area contributed by atoms with E-state index in [1.807, 2.05) is 6.07 Å². The van der Waals surface area contributed by atoms with E-state index in [-0.39, 0.29) is 5.91 Å². The highest BCUT2D eigenvalue weighted by Gasteiger charge is 2.16. The summed E-state index contributed by atoms with van der Waals surface area (Å²) in [6, 6.07) is 8.93. The molecule has 3 aromatic rings. The van der Waals surface area contributed by atoms with Crippen LogP contribution in [0.4, 0.5) is 11.4 Å². The molecule has 0 spiro atoms. The highest BCUT2D eigenvalue weighted by Crippen LogP contribution is 2.35. The number of nitrogen functional groups attached to an aromatic ring is 1. The Labute approximate surface area is 124 Å². The Balaban J connectivity index is 1.98. The Hall–Kier alpha value is -2.11. The number of aromatic nitrogens is 1. The van der Waals surface area contributed by atoms with Gasteiger partial charge in [0.15, 0.2) is 0 Å². The molecule has 0 radical (unpaired) electrons. The second-order valence-electron chi connectivity index (χ2n) is 4.18. The summed E-state index contributed by atoms with van der Waals surface area (Å²) in [6.07, 6.45) is 3.23. The van der Waals surface area contributed by atoms with Crippen molar-refractivity contribution in [3.05, 3.63) is 52.6 Å². The molecule has 4 nitrogen and oxygen atoms in total. The molecule has 0 aliphatic heterocycles. The number of rotatable bonds is 2. The molecule has 0 aliphatic rings. The monoisotopic (exact) mass is 303 g/mol. The van der Waals surface area contributed by atoms with Gasteiger partial charge in [0.05, 0.1) is 17.6 Å². The molecule has 0 saturated heterocycles. The van der Waals surface area contributed by atoms with Gasteiger partial charge in [0.1, 0.15) is 4.88 Å². The molecule has 0 bridgehead atoms. The van der Waals surface area contributed by atoms with Crippen LogP contribution in [0.3, 0.4) is 0 Å². The van der Waals surface area contributed by atoms with E-state index in [2.05, 4.69) is 10.3 Å². The summed E-state index contributed by atoms with van der Waals surface area (Å²) in [5, 5.41) is 4.17. The van der Waals surface area contributed by atoms with Crippen molar-refractivity contribution in [2.24, 2.45) is 0 Å². The lowest BCUT2D eigenvalue weighted by atomic mass is 10.2. The standard InChI is InChI=1S/C14H10ClN3OS/c15-8-3-4-11-10(6-8)12(16)13(20-11)14(19)18-9-2-1-5-17-7-9/h1-7H,16H2,(H,18,19). The van der Waals surface area contributed by atoms with E-state index in [0.29, 0.717) is 21.3 Å². The summed E-state index contributed by atoms with van der Waals surface area (Å²) >= 11 is 7.29. The van der Waals surface area contributed by atoms with Crippen LogP contribution < -0.4 is 11.1 Å². The van der Waals surface area contributed by atoms with Crippen molar-refractivity contribution in [3.8, 4) is 0 Å². The summed E-state index contributed by atoms with van der Waals surface area (Å²) in [7, 11) is 0. The minimum Gasteiger partial charge on any atom is -0.397 e. The van der Waals surface area contributed by atoms with Crippen LogP contribution in [-0.2, 0) is 0 Å². The largest absolute Gasteiger partial charge is 0.397 e. The number of nitrogens with one attached hydrogen (secondary N) is 1. The zero-order valence-corrected chi connectivity index (χ0v) is 11.8. The number of nitrogens with two attached hydrogens (primary N) is 1. The van der Waals surface area contributed by atoms with Crippen molar-refractivity contribution in [2.75, 3.05) is 11.1 Å². The Bertz CT molecular complexity index is 786. The maximum absolute atomic E-state index is 12.2. The quantitative estimate of drug-likeness (QED) is 0.757. The summed E-state index contributed by atoms with van der Waals surface area (Å²) in [5.41, 5.74) is 7.12. The van der Waals surface area contributed by atoms with Crippen LogP contribution in [0.2, 0.25) is 5.02 Å². The van der Waals surface area contributed by atoms with Crippen molar-refractivity contribution in [1.82, 2.24) is 4.98 Å². The third kappa shape index (κ3) is 2.33. The van der Waals surface area contributed by atoms with E-state index >= 15 is 0 Å². The molecule has 0 fully saturated rings. The van der Waals surface area contributed by atoms with Crippen LogP contribution in [0.15, 0.2) is 42.7 Å². The number of thiophene rings is 1. The number of amides is 1. The van der Waals surface area contributed by atoms with Crippen LogP contribution in [-0.4, -0.2) is 10.9 Å². The molecule has 0 atom stereocenters. The Kier molecular flexibility index (Phi) is 3.30. The lowest BCUT2D eigenvalue weighted by Crippen LogP contribution is -2.11. The first-order valence-electron chi connectivity index (χ1n) is 5.84. The number of anilines is 2. The fourth-order valence-corrected chi connectivity index (χ4v) is 3.05. The Morgan fingerprint density at radius 2 is 2.20 bits per heavy atom. The van der Waals surface area contributed by atoms with Crippen molar-refractivity contribution >= 4 is 50.3 Å². The van der Waals surface area contributed by atoms with E-state index < -0.39 is 0 Å². The third-order valence-electron chi connectivity index (χ3n) is 2.81. The van der Waals surface area contributed by atoms with Crippen molar-refractivity contribution in [2.45, 2.75) is 0 Å². The molecule has 1 amide bonds. The number of nitrogens with zero attached hydrogens (tertiary/aromatic N) is 1. The van der Waals surface area contributed by atoms with E-state index in [4.69, 9.17) is 17.3 Å². The number of carbonyl (C=O) groups is 1. The SMILES string of the molecule is Nc1c(C(=O)Nc2cccnc2)sc2ccc(Cl)cc12. The molecule has 0 aliphatic carbocycles. The minimum atomic E-state index is -0.243. The fourth-order valence-electron chi connectivity index (χ4n) is 1.88. The number of pyridine rings is 1. The first-order valence-corrected chi connectivity index (χ1v) is 7.03. The van der Waals surface area contributed by atoms with Gasteiger partial charge in [0.25, 0.3) is 5.91 Å². The fraction of sp³-hybridized carbons (Fsp3) is 0. The van der Waals surface area contributed by atoms with E-state index in [1.165, 1.54) is 11.3 Å². The minimum absolute atomic E-state index is 0.243. The summed E-state index contributed by atoms with van der Waals surface area (Å²) in [4.78, 5) is 16.7. The molecular formula is C14H10ClN3OS. The van der Waals surface area contributed by atoms with Gasteiger partial charge in [0, 0.05) is 21.3 Å². The topological polar surface area (TPSA) is 68.0 Å². The van der Waals surface area contributed by atoms with Crippen LogP contribution >= 0.6 is 22.9 Å². The van der Waals surface area contributed by atoms with Crippen LogP contribution in [0, 0.1) is 0 Å². The summed E-state index contributed by atoms with van der Waals surface area (Å²) in [6.45, 7) is 0. The van der Waals surface area contributed by atoms with Gasteiger partial charge in [0.2, 0.25) is 0 Å². The van der Waals surface area contributed by atoms with Gasteiger partial charge < -0.3 is 11.1 Å². The molecular weight excluding hydrogens is 294 g/mol. The molecule has 6 heteroatoms. The lowest BCUT2D eigenvalue weighted by Gasteiger charge is -2.03. The highest BCUT2D eigenvalue weighted by molar-refractivity contribution is 7.21. The molecule has 1 aromatic carbocycles. The predicted octanol–water partition coefficient (Wildman–Crippen LogP) is 3.78. The molecule has 2 heterocycles. The van der Waals surface area contributed by atoms with Gasteiger partial charge in [-0.15, -0.1) is 11.3 Å². The van der Waals surface area contributed by atoms with Crippen LogP contribution in [0.1, 0.15) is 9.67 Å². The second kappa shape index (κ2) is 5.11. The first-order chi connectivity index (χ1) is 9.65. The average Bonchev–Trinajstić information content (AvgIpc) is 2.77. The molecule has 100 valence electrons. The summed E-state index contributed by atoms with van der Waals surface area (Å²) < 4.78 is 0.934.